The molecule has 6 heteroatoms. The summed E-state index contributed by atoms with van der Waals surface area (Å²) in [4.78, 5) is 0. The Bertz CT molecular complexity index is 961. The summed E-state index contributed by atoms with van der Waals surface area (Å²) >= 11 is 6.04. The molecule has 0 fully saturated rings. The lowest BCUT2D eigenvalue weighted by molar-refractivity contribution is 0.625. The monoisotopic (exact) mass is 386 g/mol. The van der Waals surface area contributed by atoms with Crippen molar-refractivity contribution in [3.05, 3.63) is 106 Å². The van der Waals surface area contributed by atoms with Gasteiger partial charge >= 0.3 is 0 Å². The van der Waals surface area contributed by atoms with Crippen LogP contribution in [-0.4, -0.2) is 5.71 Å². The lowest BCUT2D eigenvalue weighted by Crippen LogP contribution is -2.02. The summed E-state index contributed by atoms with van der Waals surface area (Å²) in [6, 6.07) is 15.7. The lowest BCUT2D eigenvalue weighted by Gasteiger charge is -2.06. The molecular formula is C21H14ClF3N2. The second-order valence-electron chi connectivity index (χ2n) is 5.59. The highest BCUT2D eigenvalue weighted by Gasteiger charge is 2.06. The molecular weight excluding hydrogens is 373 g/mol. The summed E-state index contributed by atoms with van der Waals surface area (Å²) in [5.41, 5.74) is 4.60. The molecule has 3 aromatic rings. The van der Waals surface area contributed by atoms with Gasteiger partial charge in [0, 0.05) is 11.1 Å². The van der Waals surface area contributed by atoms with Crippen molar-refractivity contribution in [2.45, 2.75) is 0 Å². The van der Waals surface area contributed by atoms with Gasteiger partial charge in [-0.15, -0.1) is 0 Å². The number of rotatable bonds is 5. The zero-order valence-electron chi connectivity index (χ0n) is 14.0. The van der Waals surface area contributed by atoms with E-state index in [-0.39, 0.29) is 22.2 Å². The van der Waals surface area contributed by atoms with Crippen LogP contribution in [-0.2, 0) is 0 Å². The average molecular weight is 387 g/mol. The van der Waals surface area contributed by atoms with Gasteiger partial charge in [0.1, 0.15) is 17.5 Å². The molecule has 0 bridgehead atoms. The van der Waals surface area contributed by atoms with Gasteiger partial charge in [-0.05, 0) is 72.8 Å². The molecule has 0 aliphatic carbocycles. The number of allylic oxidation sites excluding steroid dienone is 1. The van der Waals surface area contributed by atoms with Crippen molar-refractivity contribution in [1.29, 1.82) is 0 Å². The van der Waals surface area contributed by atoms with Crippen LogP contribution in [0.4, 0.5) is 18.9 Å². The molecule has 0 amide bonds. The molecule has 3 aromatic carbocycles. The van der Waals surface area contributed by atoms with Crippen LogP contribution in [0.5, 0.6) is 0 Å². The van der Waals surface area contributed by atoms with E-state index in [1.807, 2.05) is 0 Å². The van der Waals surface area contributed by atoms with Gasteiger partial charge in [-0.1, -0.05) is 17.7 Å². The van der Waals surface area contributed by atoms with Crippen molar-refractivity contribution in [3.63, 3.8) is 0 Å². The molecule has 0 aliphatic heterocycles. The first-order valence-corrected chi connectivity index (χ1v) is 8.38. The number of benzene rings is 3. The number of hydrogen-bond donors (Lipinski definition) is 1. The van der Waals surface area contributed by atoms with Crippen LogP contribution < -0.4 is 5.43 Å². The fourth-order valence-electron chi connectivity index (χ4n) is 2.30. The van der Waals surface area contributed by atoms with E-state index in [2.05, 4.69) is 10.5 Å². The van der Waals surface area contributed by atoms with Gasteiger partial charge in [0.05, 0.1) is 16.4 Å². The van der Waals surface area contributed by atoms with Crippen molar-refractivity contribution >= 4 is 29.1 Å². The Hall–Kier alpha value is -3.05. The molecule has 0 spiro atoms. The predicted molar refractivity (Wildman–Crippen MR) is 103 cm³/mol. The average Bonchev–Trinajstić information content (AvgIpc) is 2.66. The van der Waals surface area contributed by atoms with E-state index in [4.69, 9.17) is 11.6 Å². The van der Waals surface area contributed by atoms with E-state index in [0.717, 1.165) is 0 Å². The smallest absolute Gasteiger partial charge is 0.131 e. The summed E-state index contributed by atoms with van der Waals surface area (Å²) in [6.45, 7) is 0. The van der Waals surface area contributed by atoms with Gasteiger partial charge in [-0.25, -0.2) is 13.2 Å². The Labute approximate surface area is 159 Å². The van der Waals surface area contributed by atoms with Crippen molar-refractivity contribution in [1.82, 2.24) is 0 Å². The predicted octanol–water partition coefficient (Wildman–Crippen LogP) is 6.29. The molecule has 1 N–H and O–H groups in total. The number of anilines is 1. The molecule has 0 heterocycles. The van der Waals surface area contributed by atoms with Crippen molar-refractivity contribution in [3.8, 4) is 0 Å². The Balaban J connectivity index is 1.94. The summed E-state index contributed by atoms with van der Waals surface area (Å²) < 4.78 is 40.2. The Kier molecular flexibility index (Phi) is 5.94. The van der Waals surface area contributed by atoms with Gasteiger partial charge in [0.2, 0.25) is 0 Å². The third-order valence-corrected chi connectivity index (χ3v) is 4.03. The molecule has 136 valence electrons. The van der Waals surface area contributed by atoms with Crippen molar-refractivity contribution in [2.75, 3.05) is 5.43 Å². The van der Waals surface area contributed by atoms with Crippen molar-refractivity contribution < 1.29 is 13.2 Å². The largest absolute Gasteiger partial charge is 0.278 e. The number of hydrazone groups is 1. The van der Waals surface area contributed by atoms with Crippen molar-refractivity contribution in [2.24, 2.45) is 5.10 Å². The third kappa shape index (κ3) is 4.99. The summed E-state index contributed by atoms with van der Waals surface area (Å²) in [6.07, 6.45) is 3.06. The quantitative estimate of drug-likeness (QED) is 0.404. The van der Waals surface area contributed by atoms with Crippen LogP contribution in [0.3, 0.4) is 0 Å². The van der Waals surface area contributed by atoms with Crippen LogP contribution >= 0.6 is 11.6 Å². The van der Waals surface area contributed by atoms with Crippen LogP contribution in [0.1, 0.15) is 11.1 Å². The molecule has 0 unspecified atom stereocenters. The van der Waals surface area contributed by atoms with E-state index < -0.39 is 5.82 Å². The minimum absolute atomic E-state index is 0.218. The second kappa shape index (κ2) is 8.56. The first-order chi connectivity index (χ1) is 13.0. The molecule has 0 aromatic heterocycles. The number of hydrogen-bond acceptors (Lipinski definition) is 2. The van der Waals surface area contributed by atoms with Gasteiger partial charge in [-0.2, -0.15) is 5.10 Å². The molecule has 0 saturated carbocycles. The van der Waals surface area contributed by atoms with Crippen LogP contribution in [0, 0.1) is 17.5 Å². The van der Waals surface area contributed by atoms with E-state index in [0.29, 0.717) is 17.0 Å². The Morgan fingerprint density at radius 2 is 1.48 bits per heavy atom. The van der Waals surface area contributed by atoms with E-state index in [9.17, 15) is 13.2 Å². The summed E-state index contributed by atoms with van der Waals surface area (Å²) in [5.74, 6) is -1.22. The lowest BCUT2D eigenvalue weighted by atomic mass is 10.1. The van der Waals surface area contributed by atoms with E-state index in [1.54, 1.807) is 24.3 Å². The maximum atomic E-state index is 14.0. The first kappa shape index (κ1) is 18.7. The van der Waals surface area contributed by atoms with Crippen LogP contribution in [0.15, 0.2) is 77.9 Å². The number of nitrogens with zero attached hydrogens (tertiary/aromatic N) is 1. The summed E-state index contributed by atoms with van der Waals surface area (Å²) in [7, 11) is 0. The fourth-order valence-corrected chi connectivity index (χ4v) is 2.53. The maximum absolute atomic E-state index is 14.0. The third-order valence-electron chi connectivity index (χ3n) is 3.70. The zero-order chi connectivity index (χ0) is 19.2. The normalized spacial score (nSPS) is 11.8. The van der Waals surface area contributed by atoms with Crippen LogP contribution in [0.2, 0.25) is 5.02 Å². The Morgan fingerprint density at radius 1 is 0.852 bits per heavy atom. The highest BCUT2D eigenvalue weighted by molar-refractivity contribution is 6.32. The molecule has 3 rings (SSSR count). The molecule has 2 nitrogen and oxygen atoms in total. The molecule has 27 heavy (non-hydrogen) atoms. The Morgan fingerprint density at radius 3 is 2.11 bits per heavy atom. The van der Waals surface area contributed by atoms with Gasteiger partial charge in [-0.3, -0.25) is 5.43 Å². The van der Waals surface area contributed by atoms with Gasteiger partial charge < -0.3 is 0 Å². The maximum Gasteiger partial charge on any atom is 0.131 e. The molecule has 0 aliphatic rings. The molecule has 0 atom stereocenters. The highest BCUT2D eigenvalue weighted by atomic mass is 35.5. The zero-order valence-corrected chi connectivity index (χ0v) is 14.7. The van der Waals surface area contributed by atoms with E-state index >= 15 is 0 Å². The minimum atomic E-state index is -0.469. The molecule has 0 saturated heterocycles. The minimum Gasteiger partial charge on any atom is -0.278 e. The first-order valence-electron chi connectivity index (χ1n) is 8.00. The second-order valence-corrected chi connectivity index (χ2v) is 6.00. The van der Waals surface area contributed by atoms with E-state index in [1.165, 1.54) is 54.6 Å². The highest BCUT2D eigenvalue weighted by Crippen LogP contribution is 2.21. The standard InChI is InChI=1S/C21H14ClF3N2/c22-19-2-1-3-20(25)18(19)12-13-21(14-4-6-15(23)7-5-14)27-26-17-10-8-16(24)9-11-17/h1-13,26H. The van der Waals surface area contributed by atoms with Crippen LogP contribution in [0.25, 0.3) is 6.08 Å². The fraction of sp³-hybridized carbons (Fsp3) is 0. The van der Waals surface area contributed by atoms with Gasteiger partial charge in [0.25, 0.3) is 0 Å². The SMILES string of the molecule is Fc1ccc(NN=C(C=Cc2c(F)cccc2Cl)c2ccc(F)cc2)cc1. The van der Waals surface area contributed by atoms with Gasteiger partial charge in [0.15, 0.2) is 0 Å². The summed E-state index contributed by atoms with van der Waals surface area (Å²) in [5, 5.41) is 4.53. The molecule has 0 radical (unpaired) electrons. The number of halogens is 4. The topological polar surface area (TPSA) is 24.4 Å². The number of nitrogens with one attached hydrogen (secondary N) is 1.